The van der Waals surface area contributed by atoms with Gasteiger partial charge in [-0.3, -0.25) is 13.9 Å². The van der Waals surface area contributed by atoms with Crippen LogP contribution < -0.4 is 9.62 Å². The lowest BCUT2D eigenvalue weighted by molar-refractivity contribution is -0.139. The van der Waals surface area contributed by atoms with Crippen molar-refractivity contribution in [3.8, 4) is 0 Å². The minimum absolute atomic E-state index is 0.0593. The Morgan fingerprint density at radius 2 is 1.57 bits per heavy atom. The third-order valence-electron chi connectivity index (χ3n) is 5.40. The Labute approximate surface area is 209 Å². The highest BCUT2D eigenvalue weighted by atomic mass is 35.5. The number of nitrogens with one attached hydrogen (secondary N) is 1. The molecule has 0 aliphatic carbocycles. The lowest BCUT2D eigenvalue weighted by atomic mass is 10.1. The number of carbonyl (C=O) groups excluding carboxylic acids is 2. The van der Waals surface area contributed by atoms with Crippen LogP contribution in [-0.2, 0) is 26.2 Å². The number of sulfonamides is 1. The van der Waals surface area contributed by atoms with Gasteiger partial charge in [0.2, 0.25) is 11.8 Å². The van der Waals surface area contributed by atoms with Crippen LogP contribution >= 0.6 is 11.6 Å². The molecule has 7 nitrogen and oxygen atoms in total. The molecule has 3 aromatic rings. The summed E-state index contributed by atoms with van der Waals surface area (Å²) in [5.41, 5.74) is 0.968. The molecule has 1 unspecified atom stereocenters. The molecule has 2 amide bonds. The van der Waals surface area contributed by atoms with Gasteiger partial charge < -0.3 is 10.2 Å². The van der Waals surface area contributed by atoms with Crippen molar-refractivity contribution in [3.05, 3.63) is 95.3 Å². The Balaban J connectivity index is 1.99. The van der Waals surface area contributed by atoms with Crippen LogP contribution in [0, 0.1) is 5.82 Å². The van der Waals surface area contributed by atoms with Crippen LogP contribution in [0.25, 0.3) is 0 Å². The highest BCUT2D eigenvalue weighted by Gasteiger charge is 2.32. The Kier molecular flexibility index (Phi) is 8.48. The number of amides is 2. The molecular weight excluding hydrogens is 493 g/mol. The molecule has 0 bridgehead atoms. The molecule has 1 N–H and O–H groups in total. The molecule has 3 aromatic carbocycles. The average Bonchev–Trinajstić information content (AvgIpc) is 2.86. The normalized spacial score (nSPS) is 12.0. The number of halogens is 2. The summed E-state index contributed by atoms with van der Waals surface area (Å²) >= 11 is 5.96. The second-order valence-corrected chi connectivity index (χ2v) is 10.0. The minimum Gasteiger partial charge on any atom is -0.357 e. The number of benzene rings is 3. The number of hydrogen-bond donors (Lipinski definition) is 1. The first-order valence-electron chi connectivity index (χ1n) is 10.7. The van der Waals surface area contributed by atoms with Crippen LogP contribution in [0.2, 0.25) is 5.02 Å². The molecule has 0 fully saturated rings. The van der Waals surface area contributed by atoms with Gasteiger partial charge in [-0.1, -0.05) is 41.9 Å². The number of carbonyl (C=O) groups is 2. The molecule has 35 heavy (non-hydrogen) atoms. The molecule has 0 aliphatic heterocycles. The molecule has 0 saturated carbocycles. The molecular formula is C25H25ClFN3O4S. The fourth-order valence-corrected chi connectivity index (χ4v) is 4.97. The lowest BCUT2D eigenvalue weighted by Gasteiger charge is -2.31. The van der Waals surface area contributed by atoms with Gasteiger partial charge in [0.1, 0.15) is 18.4 Å². The van der Waals surface area contributed by atoms with Gasteiger partial charge >= 0.3 is 0 Å². The number of rotatable bonds is 9. The van der Waals surface area contributed by atoms with Crippen molar-refractivity contribution in [2.75, 3.05) is 17.9 Å². The fourth-order valence-electron chi connectivity index (χ4n) is 3.43. The van der Waals surface area contributed by atoms with E-state index >= 15 is 0 Å². The summed E-state index contributed by atoms with van der Waals surface area (Å²) in [5.74, 6) is -1.58. The SMILES string of the molecule is CNC(=O)C(C)N(Cc1ccc(Cl)cc1)C(=O)CN(c1ccccc1)S(=O)(=O)c1ccc(F)cc1. The Hall–Kier alpha value is -3.43. The van der Waals surface area contributed by atoms with Crippen LogP contribution in [-0.4, -0.2) is 44.8 Å². The van der Waals surface area contributed by atoms with Crippen LogP contribution in [0.1, 0.15) is 12.5 Å². The lowest BCUT2D eigenvalue weighted by Crippen LogP contribution is -2.50. The van der Waals surface area contributed by atoms with E-state index in [2.05, 4.69) is 5.32 Å². The van der Waals surface area contributed by atoms with Crippen molar-refractivity contribution in [1.82, 2.24) is 10.2 Å². The summed E-state index contributed by atoms with van der Waals surface area (Å²) in [7, 11) is -2.77. The van der Waals surface area contributed by atoms with Crippen LogP contribution in [0.4, 0.5) is 10.1 Å². The zero-order valence-corrected chi connectivity index (χ0v) is 20.8. The predicted molar refractivity (Wildman–Crippen MR) is 133 cm³/mol. The van der Waals surface area contributed by atoms with Gasteiger partial charge in [0, 0.05) is 18.6 Å². The molecule has 0 heterocycles. The second-order valence-electron chi connectivity index (χ2n) is 7.74. The van der Waals surface area contributed by atoms with Crippen molar-refractivity contribution in [2.24, 2.45) is 0 Å². The van der Waals surface area contributed by atoms with Crippen molar-refractivity contribution in [1.29, 1.82) is 0 Å². The van der Waals surface area contributed by atoms with Crippen molar-refractivity contribution in [2.45, 2.75) is 24.4 Å². The van der Waals surface area contributed by atoms with Crippen LogP contribution in [0.5, 0.6) is 0 Å². The van der Waals surface area contributed by atoms with E-state index in [1.165, 1.54) is 11.9 Å². The number of nitrogens with zero attached hydrogens (tertiary/aromatic N) is 2. The van der Waals surface area contributed by atoms with Gasteiger partial charge in [-0.2, -0.15) is 0 Å². The highest BCUT2D eigenvalue weighted by molar-refractivity contribution is 7.92. The maximum absolute atomic E-state index is 13.5. The molecule has 10 heteroatoms. The van der Waals surface area contributed by atoms with Gasteiger partial charge in [0.15, 0.2) is 0 Å². The average molecular weight is 518 g/mol. The van der Waals surface area contributed by atoms with E-state index < -0.39 is 40.2 Å². The number of hydrogen-bond acceptors (Lipinski definition) is 4. The largest absolute Gasteiger partial charge is 0.357 e. The molecule has 0 spiro atoms. The molecule has 0 aromatic heterocycles. The first-order valence-corrected chi connectivity index (χ1v) is 12.5. The Morgan fingerprint density at radius 3 is 2.14 bits per heavy atom. The first-order chi connectivity index (χ1) is 16.6. The highest BCUT2D eigenvalue weighted by Crippen LogP contribution is 2.24. The third-order valence-corrected chi connectivity index (χ3v) is 7.44. The number of para-hydroxylation sites is 1. The summed E-state index contributed by atoms with van der Waals surface area (Å²) in [6.07, 6.45) is 0. The summed E-state index contributed by atoms with van der Waals surface area (Å²) < 4.78 is 41.4. The quantitative estimate of drug-likeness (QED) is 0.467. The summed E-state index contributed by atoms with van der Waals surface area (Å²) in [6, 6.07) is 18.4. The van der Waals surface area contributed by atoms with Crippen molar-refractivity contribution >= 4 is 39.1 Å². The van der Waals surface area contributed by atoms with Gasteiger partial charge in [0.25, 0.3) is 10.0 Å². The van der Waals surface area contributed by atoms with E-state index in [0.717, 1.165) is 28.6 Å². The topological polar surface area (TPSA) is 86.8 Å². The predicted octanol–water partition coefficient (Wildman–Crippen LogP) is 3.84. The second kappa shape index (κ2) is 11.3. The fraction of sp³-hybridized carbons (Fsp3) is 0.200. The monoisotopic (exact) mass is 517 g/mol. The van der Waals surface area contributed by atoms with E-state index in [0.29, 0.717) is 10.6 Å². The standard InChI is InChI=1S/C25H25ClFN3O4S/c1-18(25(32)28-2)29(16-19-8-10-20(26)11-9-19)24(31)17-30(22-6-4-3-5-7-22)35(33,34)23-14-12-21(27)13-15-23/h3-15,18H,16-17H2,1-2H3,(H,28,32). The first kappa shape index (κ1) is 26.2. The summed E-state index contributed by atoms with van der Waals surface area (Å²) in [4.78, 5) is 27.1. The summed E-state index contributed by atoms with van der Waals surface area (Å²) in [6.45, 7) is 1.05. The van der Waals surface area contributed by atoms with E-state index in [1.54, 1.807) is 61.5 Å². The Bertz CT molecular complexity index is 1270. The van der Waals surface area contributed by atoms with E-state index in [1.807, 2.05) is 0 Å². The van der Waals surface area contributed by atoms with E-state index in [-0.39, 0.29) is 17.1 Å². The van der Waals surface area contributed by atoms with Gasteiger partial charge in [-0.05, 0) is 61.0 Å². The molecule has 1 atom stereocenters. The smallest absolute Gasteiger partial charge is 0.264 e. The van der Waals surface area contributed by atoms with Gasteiger partial charge in [-0.15, -0.1) is 0 Å². The minimum atomic E-state index is -4.23. The molecule has 3 rings (SSSR count). The van der Waals surface area contributed by atoms with E-state index in [4.69, 9.17) is 11.6 Å². The van der Waals surface area contributed by atoms with Crippen molar-refractivity contribution in [3.63, 3.8) is 0 Å². The number of anilines is 1. The maximum atomic E-state index is 13.5. The van der Waals surface area contributed by atoms with Crippen LogP contribution in [0.3, 0.4) is 0 Å². The third kappa shape index (κ3) is 6.37. The Morgan fingerprint density at radius 1 is 0.971 bits per heavy atom. The van der Waals surface area contributed by atoms with Crippen LogP contribution in [0.15, 0.2) is 83.8 Å². The molecule has 0 saturated heterocycles. The zero-order valence-electron chi connectivity index (χ0n) is 19.2. The van der Waals surface area contributed by atoms with Crippen molar-refractivity contribution < 1.29 is 22.4 Å². The van der Waals surface area contributed by atoms with Gasteiger partial charge in [-0.25, -0.2) is 12.8 Å². The molecule has 0 radical (unpaired) electrons. The summed E-state index contributed by atoms with van der Waals surface area (Å²) in [5, 5.41) is 3.04. The van der Waals surface area contributed by atoms with E-state index in [9.17, 15) is 22.4 Å². The van der Waals surface area contributed by atoms with Gasteiger partial charge in [0.05, 0.1) is 10.6 Å². The number of likely N-dealkylation sites (N-methyl/N-ethyl adjacent to an activating group) is 1. The molecule has 184 valence electrons. The molecule has 0 aliphatic rings. The maximum Gasteiger partial charge on any atom is 0.264 e. The zero-order chi connectivity index (χ0) is 25.6.